The molecule has 1 aromatic rings. The molecule has 0 saturated carbocycles. The maximum Gasteiger partial charge on any atom is 0.333 e. The fourth-order valence-corrected chi connectivity index (χ4v) is 1.55. The van der Waals surface area contributed by atoms with Crippen LogP contribution in [0.15, 0.2) is 16.6 Å². The summed E-state index contributed by atoms with van der Waals surface area (Å²) in [7, 11) is 3.02. The molecule has 76 valence electrons. The number of nitrogens with zero attached hydrogens (tertiary/aromatic N) is 1. The Bertz CT molecular complexity index is 343. The Morgan fingerprint density at radius 1 is 1.57 bits per heavy atom. The van der Waals surface area contributed by atoms with Gasteiger partial charge in [-0.25, -0.2) is 0 Å². The third-order valence-electron chi connectivity index (χ3n) is 1.71. The van der Waals surface area contributed by atoms with Gasteiger partial charge in [0.25, 0.3) is 0 Å². The summed E-state index contributed by atoms with van der Waals surface area (Å²) in [6, 6.07) is 3.18. The lowest BCUT2D eigenvalue weighted by Gasteiger charge is -2.07. The molecule has 0 aliphatic rings. The maximum atomic E-state index is 10.7. The van der Waals surface area contributed by atoms with Crippen molar-refractivity contribution in [2.75, 3.05) is 19.5 Å². The second kappa shape index (κ2) is 4.28. The molecule has 0 fully saturated rings. The highest BCUT2D eigenvalue weighted by molar-refractivity contribution is 9.10. The molecular weight excluding hydrogens is 252 g/mol. The first-order valence-corrected chi connectivity index (χ1v) is 4.59. The Kier molecular flexibility index (Phi) is 3.29. The second-order valence-electron chi connectivity index (χ2n) is 2.51. The monoisotopic (exact) mass is 260 g/mol. The summed E-state index contributed by atoms with van der Waals surface area (Å²) in [4.78, 5) is 10.3. The van der Waals surface area contributed by atoms with Crippen molar-refractivity contribution in [3.8, 4) is 5.75 Å². The fourth-order valence-electron chi connectivity index (χ4n) is 1.11. The lowest BCUT2D eigenvalue weighted by molar-refractivity contribution is -0.384. The van der Waals surface area contributed by atoms with Crippen molar-refractivity contribution in [1.82, 2.24) is 0 Å². The number of hydrogen-bond acceptors (Lipinski definition) is 4. The number of nitrogens with one attached hydrogen (secondary N) is 1. The Labute approximate surface area is 89.3 Å². The van der Waals surface area contributed by atoms with Gasteiger partial charge in [0.2, 0.25) is 0 Å². The zero-order chi connectivity index (χ0) is 10.7. The minimum Gasteiger partial charge on any atom is -0.490 e. The van der Waals surface area contributed by atoms with Crippen LogP contribution in [0.3, 0.4) is 0 Å². The van der Waals surface area contributed by atoms with Crippen LogP contribution in [0, 0.1) is 10.1 Å². The van der Waals surface area contributed by atoms with E-state index in [4.69, 9.17) is 4.74 Å². The summed E-state index contributed by atoms with van der Waals surface area (Å²) in [5, 5.41) is 13.5. The highest BCUT2D eigenvalue weighted by Gasteiger charge is 2.20. The minimum atomic E-state index is -0.475. The number of rotatable bonds is 3. The Morgan fingerprint density at radius 3 is 2.64 bits per heavy atom. The molecular formula is C8H9BrN2O3. The van der Waals surface area contributed by atoms with Crippen LogP contribution in [-0.4, -0.2) is 19.1 Å². The van der Waals surface area contributed by atoms with Crippen LogP contribution < -0.4 is 10.1 Å². The van der Waals surface area contributed by atoms with E-state index in [1.54, 1.807) is 19.2 Å². The largest absolute Gasteiger partial charge is 0.490 e. The van der Waals surface area contributed by atoms with E-state index in [2.05, 4.69) is 21.2 Å². The quantitative estimate of drug-likeness (QED) is 0.670. The van der Waals surface area contributed by atoms with Crippen molar-refractivity contribution >= 4 is 27.3 Å². The van der Waals surface area contributed by atoms with Crippen LogP contribution in [0.1, 0.15) is 0 Å². The molecule has 14 heavy (non-hydrogen) atoms. The minimum absolute atomic E-state index is 0.0572. The van der Waals surface area contributed by atoms with Crippen LogP contribution in [0.25, 0.3) is 0 Å². The molecule has 0 aliphatic heterocycles. The highest BCUT2D eigenvalue weighted by Crippen LogP contribution is 2.37. The molecule has 0 saturated heterocycles. The predicted molar refractivity (Wildman–Crippen MR) is 56.9 cm³/mol. The van der Waals surface area contributed by atoms with E-state index in [1.807, 2.05) is 0 Å². The number of methoxy groups -OCH3 is 1. The molecule has 5 nitrogen and oxygen atoms in total. The average Bonchev–Trinajstić information content (AvgIpc) is 2.15. The van der Waals surface area contributed by atoms with E-state index >= 15 is 0 Å². The molecule has 0 aliphatic carbocycles. The standard InChI is InChI=1S/C8H9BrN2O3/c1-10-6-3-5(9)4-7(14-2)8(6)11(12)13/h3-4,10H,1-2H3. The van der Waals surface area contributed by atoms with Crippen molar-refractivity contribution in [1.29, 1.82) is 0 Å². The third-order valence-corrected chi connectivity index (χ3v) is 2.17. The molecule has 0 radical (unpaired) electrons. The van der Waals surface area contributed by atoms with Gasteiger partial charge in [-0.2, -0.15) is 0 Å². The van der Waals surface area contributed by atoms with E-state index < -0.39 is 4.92 Å². The van der Waals surface area contributed by atoms with Gasteiger partial charge in [-0.15, -0.1) is 0 Å². The van der Waals surface area contributed by atoms with Crippen LogP contribution in [0.5, 0.6) is 5.75 Å². The van der Waals surface area contributed by atoms with Crippen molar-refractivity contribution < 1.29 is 9.66 Å². The zero-order valence-electron chi connectivity index (χ0n) is 7.70. The van der Waals surface area contributed by atoms with E-state index in [0.29, 0.717) is 5.69 Å². The van der Waals surface area contributed by atoms with Gasteiger partial charge in [0, 0.05) is 17.6 Å². The van der Waals surface area contributed by atoms with Gasteiger partial charge in [-0.05, 0) is 6.07 Å². The molecule has 1 aromatic carbocycles. The first-order valence-electron chi connectivity index (χ1n) is 3.79. The maximum absolute atomic E-state index is 10.7. The first kappa shape index (κ1) is 10.8. The van der Waals surface area contributed by atoms with E-state index in [1.165, 1.54) is 7.11 Å². The normalized spacial score (nSPS) is 9.64. The van der Waals surface area contributed by atoms with Crippen molar-refractivity contribution in [3.63, 3.8) is 0 Å². The van der Waals surface area contributed by atoms with Gasteiger partial charge in [-0.1, -0.05) is 15.9 Å². The summed E-state index contributed by atoms with van der Waals surface area (Å²) in [5.74, 6) is 0.230. The van der Waals surface area contributed by atoms with Crippen LogP contribution >= 0.6 is 15.9 Å². The summed E-state index contributed by atoms with van der Waals surface area (Å²) in [6.45, 7) is 0. The lowest BCUT2D eigenvalue weighted by Crippen LogP contribution is -1.99. The Hall–Kier alpha value is -1.30. The second-order valence-corrected chi connectivity index (χ2v) is 3.43. The van der Waals surface area contributed by atoms with Gasteiger partial charge < -0.3 is 10.1 Å². The number of nitro groups is 1. The summed E-state index contributed by atoms with van der Waals surface area (Å²) >= 11 is 3.24. The van der Waals surface area contributed by atoms with Crippen molar-refractivity contribution in [2.24, 2.45) is 0 Å². The number of ether oxygens (including phenoxy) is 1. The molecule has 1 N–H and O–H groups in total. The number of nitro benzene ring substituents is 1. The molecule has 6 heteroatoms. The van der Waals surface area contributed by atoms with E-state index in [-0.39, 0.29) is 11.4 Å². The fraction of sp³-hybridized carbons (Fsp3) is 0.250. The highest BCUT2D eigenvalue weighted by atomic mass is 79.9. The molecule has 0 bridgehead atoms. The molecule has 1 rings (SSSR count). The first-order chi connectivity index (χ1) is 6.60. The molecule has 0 heterocycles. The topological polar surface area (TPSA) is 64.4 Å². The smallest absolute Gasteiger partial charge is 0.333 e. The number of halogens is 1. The Balaban J connectivity index is 3.40. The summed E-state index contributed by atoms with van der Waals surface area (Å²) in [5.41, 5.74) is 0.361. The van der Waals surface area contributed by atoms with Crippen LogP contribution in [-0.2, 0) is 0 Å². The summed E-state index contributed by atoms with van der Waals surface area (Å²) < 4.78 is 5.64. The Morgan fingerprint density at radius 2 is 2.21 bits per heavy atom. The van der Waals surface area contributed by atoms with Gasteiger partial charge in [-0.3, -0.25) is 10.1 Å². The zero-order valence-corrected chi connectivity index (χ0v) is 9.29. The van der Waals surface area contributed by atoms with Crippen molar-refractivity contribution in [3.05, 3.63) is 26.7 Å². The van der Waals surface area contributed by atoms with Gasteiger partial charge in [0.1, 0.15) is 5.69 Å². The molecule has 0 unspecified atom stereocenters. The number of hydrogen-bond donors (Lipinski definition) is 1. The van der Waals surface area contributed by atoms with E-state index in [0.717, 1.165) is 4.47 Å². The summed E-state index contributed by atoms with van der Waals surface area (Å²) in [6.07, 6.45) is 0. The predicted octanol–water partition coefficient (Wildman–Crippen LogP) is 2.41. The van der Waals surface area contributed by atoms with Gasteiger partial charge in [0.15, 0.2) is 5.75 Å². The SMILES string of the molecule is CNc1cc(Br)cc(OC)c1[N+](=O)[O-]. The van der Waals surface area contributed by atoms with Crippen molar-refractivity contribution in [2.45, 2.75) is 0 Å². The molecule has 0 spiro atoms. The third kappa shape index (κ3) is 1.95. The molecule has 0 amide bonds. The van der Waals surface area contributed by atoms with E-state index in [9.17, 15) is 10.1 Å². The van der Waals surface area contributed by atoms with Crippen LogP contribution in [0.4, 0.5) is 11.4 Å². The molecule has 0 atom stereocenters. The average molecular weight is 261 g/mol. The lowest BCUT2D eigenvalue weighted by atomic mass is 10.2. The van der Waals surface area contributed by atoms with Crippen LogP contribution in [0.2, 0.25) is 0 Å². The molecule has 0 aromatic heterocycles. The van der Waals surface area contributed by atoms with Gasteiger partial charge >= 0.3 is 5.69 Å². The number of anilines is 1. The number of benzene rings is 1. The van der Waals surface area contributed by atoms with Gasteiger partial charge in [0.05, 0.1) is 12.0 Å².